The molecule has 1 fully saturated rings. The molecule has 1 saturated heterocycles. The van der Waals surface area contributed by atoms with Crippen LogP contribution in [0.15, 0.2) is 111 Å². The molecule has 1 aliphatic rings. The molecule has 3 aromatic carbocycles. The van der Waals surface area contributed by atoms with Gasteiger partial charge >= 0.3 is 35.9 Å². The van der Waals surface area contributed by atoms with Crippen molar-refractivity contribution in [3.8, 4) is 34.6 Å². The Bertz CT molecular complexity index is 2700. The Morgan fingerprint density at radius 1 is 0.727 bits per heavy atom. The topological polar surface area (TPSA) is 306 Å². The number of benzene rings is 3. The van der Waals surface area contributed by atoms with Crippen molar-refractivity contribution < 1.29 is 52.6 Å². The molecule has 0 atom stereocenters. The molecule has 0 bridgehead atoms. The minimum absolute atomic E-state index is 0. The van der Waals surface area contributed by atoms with E-state index in [0.29, 0.717) is 22.3 Å². The van der Waals surface area contributed by atoms with Gasteiger partial charge in [-0.3, -0.25) is 30.3 Å². The number of ether oxygens (including phenoxy) is 4. The molecule has 0 saturated carbocycles. The molecular formula is C43H41LiN12O10. The predicted octanol–water partition coefficient (Wildman–Crippen LogP) is 4.60. The van der Waals surface area contributed by atoms with Gasteiger partial charge in [-0.15, -0.1) is 0 Å². The number of rotatable bonds is 10. The fourth-order valence-electron chi connectivity index (χ4n) is 5.54. The van der Waals surface area contributed by atoms with Gasteiger partial charge in [0.05, 0.1) is 47.7 Å². The number of aromatic nitrogens is 7. The molecule has 1 N–H and O–H groups in total. The first-order valence-electron chi connectivity index (χ1n) is 19.1. The average molecular weight is 893 g/mol. The van der Waals surface area contributed by atoms with Crippen LogP contribution in [-0.2, 0) is 11.2 Å². The number of nitro groups is 3. The smallest absolute Gasteiger partial charge is 0.807 e. The maximum Gasteiger partial charge on any atom is 1.00 e. The summed E-state index contributed by atoms with van der Waals surface area (Å²) in [4.78, 5) is 57.2. The minimum atomic E-state index is -0.584. The van der Waals surface area contributed by atoms with Crippen LogP contribution in [0.5, 0.6) is 17.2 Å². The number of hydrogen-bond acceptors (Lipinski definition) is 17. The third-order valence-corrected chi connectivity index (χ3v) is 8.70. The maximum atomic E-state index is 11.0. The monoisotopic (exact) mass is 892 g/mol. The van der Waals surface area contributed by atoms with Crippen LogP contribution in [0.25, 0.3) is 27.7 Å². The quantitative estimate of drug-likeness (QED) is 0.0849. The normalized spacial score (nSPS) is 10.8. The average Bonchev–Trinajstić information content (AvgIpc) is 4.07. The summed E-state index contributed by atoms with van der Waals surface area (Å²) in [5, 5.41) is 51.8. The number of fused-ring (bicyclic) bond motifs is 1. The van der Waals surface area contributed by atoms with Gasteiger partial charge in [0, 0.05) is 79.0 Å². The SMILES string of the molecule is C1CCOC1.COc1ccc(-c2cc3cncnc3[nH]2)cc1[N+](=O)[O-].COc1ccc(C#N)cc1[N+](=O)[O-].COc1ccc(C(=[N-])Cc2cncnc2)cc1[N+](=O)[O-].Cc1cncnc1.[Li+]. The van der Waals surface area contributed by atoms with E-state index in [0.717, 1.165) is 29.9 Å². The second kappa shape index (κ2) is 27.1. The number of nitrogens with zero attached hydrogens (tertiary/aromatic N) is 11. The van der Waals surface area contributed by atoms with Crippen LogP contribution in [0, 0.1) is 48.6 Å². The van der Waals surface area contributed by atoms with Crippen LogP contribution in [-0.4, -0.2) is 89.9 Å². The molecule has 1 aliphatic heterocycles. The first kappa shape index (κ1) is 52.1. The van der Waals surface area contributed by atoms with Crippen molar-refractivity contribution in [3.63, 3.8) is 0 Å². The number of nitriles is 1. The molecule has 5 heterocycles. The van der Waals surface area contributed by atoms with Crippen LogP contribution in [0.1, 0.15) is 35.1 Å². The van der Waals surface area contributed by atoms with Crippen LogP contribution in [0.2, 0.25) is 0 Å². The van der Waals surface area contributed by atoms with Crippen LogP contribution in [0.3, 0.4) is 0 Å². The van der Waals surface area contributed by atoms with E-state index in [-0.39, 0.29) is 70.9 Å². The number of nitro benzene ring substituents is 3. The van der Waals surface area contributed by atoms with E-state index >= 15 is 0 Å². The molecule has 0 spiro atoms. The molecule has 0 radical (unpaired) electrons. The van der Waals surface area contributed by atoms with Gasteiger partial charge in [-0.25, -0.2) is 29.9 Å². The van der Waals surface area contributed by atoms with Crippen LogP contribution < -0.4 is 33.1 Å². The van der Waals surface area contributed by atoms with Gasteiger partial charge in [0.1, 0.15) is 24.6 Å². The van der Waals surface area contributed by atoms with Crippen molar-refractivity contribution >= 4 is 33.8 Å². The van der Waals surface area contributed by atoms with E-state index in [1.807, 2.05) is 19.1 Å². The Hall–Kier alpha value is -8.24. The maximum absolute atomic E-state index is 11.0. The Morgan fingerprint density at radius 3 is 1.73 bits per heavy atom. The van der Waals surface area contributed by atoms with Crippen molar-refractivity contribution in [1.82, 2.24) is 34.9 Å². The third kappa shape index (κ3) is 15.8. The van der Waals surface area contributed by atoms with Crippen LogP contribution in [0.4, 0.5) is 17.1 Å². The molecule has 23 heteroatoms. The molecule has 8 rings (SSSR count). The first-order chi connectivity index (χ1) is 31.4. The number of methoxy groups -OCH3 is 3. The predicted molar refractivity (Wildman–Crippen MR) is 237 cm³/mol. The second-order valence-electron chi connectivity index (χ2n) is 13.2. The molecule has 4 aromatic heterocycles. The zero-order valence-electron chi connectivity index (χ0n) is 36.4. The van der Waals surface area contributed by atoms with Crippen molar-refractivity contribution in [3.05, 3.63) is 169 Å². The molecule has 7 aromatic rings. The Morgan fingerprint density at radius 2 is 1.24 bits per heavy atom. The number of hydrogen-bond donors (Lipinski definition) is 1. The summed E-state index contributed by atoms with van der Waals surface area (Å²) in [6, 6.07) is 16.8. The van der Waals surface area contributed by atoms with Crippen LogP contribution >= 0.6 is 0 Å². The fourth-order valence-corrected chi connectivity index (χ4v) is 5.54. The van der Waals surface area contributed by atoms with E-state index in [2.05, 4.69) is 34.9 Å². The molecule has 22 nitrogen and oxygen atoms in total. The Kier molecular flexibility index (Phi) is 21.4. The summed E-state index contributed by atoms with van der Waals surface area (Å²) in [7, 11) is 4.10. The zero-order chi connectivity index (χ0) is 47.1. The number of aryl methyl sites for hydroxylation is 1. The summed E-state index contributed by atoms with van der Waals surface area (Å²) >= 11 is 0. The van der Waals surface area contributed by atoms with Crippen molar-refractivity contribution in [2.75, 3.05) is 34.5 Å². The number of H-pyrrole nitrogens is 1. The van der Waals surface area contributed by atoms with E-state index in [1.165, 1.54) is 89.6 Å². The van der Waals surface area contributed by atoms with Crippen molar-refractivity contribution in [2.45, 2.75) is 26.2 Å². The van der Waals surface area contributed by atoms with E-state index < -0.39 is 14.8 Å². The third-order valence-electron chi connectivity index (χ3n) is 8.70. The summed E-state index contributed by atoms with van der Waals surface area (Å²) in [5.74, 6) is 0.535. The molecule has 0 unspecified atom stereocenters. The van der Waals surface area contributed by atoms with Gasteiger partial charge in [0.2, 0.25) is 0 Å². The Labute approximate surface area is 389 Å². The second-order valence-corrected chi connectivity index (χ2v) is 13.2. The zero-order valence-corrected chi connectivity index (χ0v) is 36.4. The van der Waals surface area contributed by atoms with Gasteiger partial charge in [-0.2, -0.15) is 11.0 Å². The summed E-state index contributed by atoms with van der Waals surface area (Å²) in [5.41, 5.74) is 4.08. The minimum Gasteiger partial charge on any atom is -0.807 e. The fraction of sp³-hybridized carbons (Fsp3) is 0.209. The summed E-state index contributed by atoms with van der Waals surface area (Å²) < 4.78 is 19.6. The summed E-state index contributed by atoms with van der Waals surface area (Å²) in [6.45, 7) is 3.96. The van der Waals surface area contributed by atoms with Gasteiger partial charge in [0.25, 0.3) is 0 Å². The standard InChI is InChI=1S/C13H10N4O3.C13H11N4O3.C8H6N2O3.C5H6N2.C4H8O.Li/c1-20-12-3-2-8(5-11(12)17(18)19)10-4-9-6-14-7-15-13(9)16-10;1-20-13-3-2-10(5-12(13)17(18)19)11(14)4-9-6-15-8-16-7-9;1-13-8-3-2-6(5-9)4-7(8)10(11)12;1-5-2-6-4-7-3-5;1-2-4-5-3-1;/h2-7H,1H3,(H,14,15,16);2-3,5-8H,4H2,1H3;2-4H,1H3;2-4H,1H3;1-4H2;/q;-1;;;;+1. The molecule has 66 heavy (non-hydrogen) atoms. The summed E-state index contributed by atoms with van der Waals surface area (Å²) in [6.07, 6.45) is 15.5. The first-order valence-corrected chi connectivity index (χ1v) is 19.1. The molecule has 0 amide bonds. The largest absolute Gasteiger partial charge is 1.00 e. The van der Waals surface area contributed by atoms with Gasteiger partial charge in [0.15, 0.2) is 17.2 Å². The van der Waals surface area contributed by atoms with E-state index in [1.54, 1.807) is 49.2 Å². The Balaban J connectivity index is 0.000000235. The molecule has 334 valence electrons. The van der Waals surface area contributed by atoms with Crippen molar-refractivity contribution in [1.29, 1.82) is 5.26 Å². The van der Waals surface area contributed by atoms with Gasteiger partial charge in [-0.1, -0.05) is 6.07 Å². The molecular weight excluding hydrogens is 851 g/mol. The molecule has 0 aliphatic carbocycles. The van der Waals surface area contributed by atoms with E-state index in [4.69, 9.17) is 24.2 Å². The number of aromatic amines is 1. The van der Waals surface area contributed by atoms with Crippen molar-refractivity contribution in [2.24, 2.45) is 0 Å². The number of nitrogens with one attached hydrogen (secondary N) is 1. The van der Waals surface area contributed by atoms with E-state index in [9.17, 15) is 35.8 Å². The van der Waals surface area contributed by atoms with Gasteiger partial charge < -0.3 is 29.3 Å². The van der Waals surface area contributed by atoms with Gasteiger partial charge in [-0.05, 0) is 79.3 Å².